The van der Waals surface area contributed by atoms with E-state index in [-0.39, 0.29) is 5.91 Å². The summed E-state index contributed by atoms with van der Waals surface area (Å²) in [7, 11) is 1.76. The molecule has 0 spiro atoms. The van der Waals surface area contributed by atoms with Gasteiger partial charge in [-0.05, 0) is 32.1 Å². The number of amides is 1. The van der Waals surface area contributed by atoms with Gasteiger partial charge in [-0.2, -0.15) is 5.10 Å². The van der Waals surface area contributed by atoms with Crippen LogP contribution in [0, 0.1) is 13.8 Å². The Hall–Kier alpha value is -2.86. The topological polar surface area (TPSA) is 73.0 Å². The van der Waals surface area contributed by atoms with Crippen LogP contribution in [0.5, 0.6) is 0 Å². The molecule has 27 heavy (non-hydrogen) atoms. The highest BCUT2D eigenvalue weighted by molar-refractivity contribution is 6.31. The lowest BCUT2D eigenvalue weighted by atomic mass is 10.2. The predicted molar refractivity (Wildman–Crippen MR) is 105 cm³/mol. The van der Waals surface area contributed by atoms with Crippen molar-refractivity contribution in [3.63, 3.8) is 0 Å². The second-order valence-electron chi connectivity index (χ2n) is 6.18. The quantitative estimate of drug-likeness (QED) is 0.657. The van der Waals surface area contributed by atoms with E-state index in [1.54, 1.807) is 17.8 Å². The van der Waals surface area contributed by atoms with Crippen molar-refractivity contribution in [2.24, 2.45) is 7.05 Å². The molecule has 1 amide bonds. The van der Waals surface area contributed by atoms with E-state index in [0.29, 0.717) is 24.0 Å². The Bertz CT molecular complexity index is 974. The fourth-order valence-corrected chi connectivity index (χ4v) is 2.96. The molecule has 3 rings (SSSR count). The number of halogens is 1. The maximum atomic E-state index is 12.0. The second-order valence-corrected chi connectivity index (χ2v) is 6.53. The van der Waals surface area contributed by atoms with E-state index in [0.717, 1.165) is 28.3 Å². The van der Waals surface area contributed by atoms with Crippen molar-refractivity contribution in [1.29, 1.82) is 0 Å². The molecule has 0 atom stereocenters. The lowest BCUT2D eigenvalue weighted by Gasteiger charge is -2.00. The molecule has 0 bridgehead atoms. The van der Waals surface area contributed by atoms with Crippen molar-refractivity contribution < 1.29 is 9.21 Å². The first-order valence-corrected chi connectivity index (χ1v) is 9.00. The van der Waals surface area contributed by atoms with E-state index in [1.165, 1.54) is 6.08 Å². The predicted octanol–water partition coefficient (Wildman–Crippen LogP) is 3.72. The summed E-state index contributed by atoms with van der Waals surface area (Å²) >= 11 is 6.15. The van der Waals surface area contributed by atoms with Crippen LogP contribution in [-0.2, 0) is 18.3 Å². The van der Waals surface area contributed by atoms with Gasteiger partial charge in [0.1, 0.15) is 10.9 Å². The Kier molecular flexibility index (Phi) is 5.76. The first kappa shape index (κ1) is 18.9. The molecule has 0 radical (unpaired) electrons. The number of aryl methyl sites for hydroxylation is 3. The van der Waals surface area contributed by atoms with Gasteiger partial charge in [-0.3, -0.25) is 9.48 Å². The highest BCUT2D eigenvalue weighted by Gasteiger charge is 2.11. The van der Waals surface area contributed by atoms with E-state index in [2.05, 4.69) is 15.4 Å². The lowest BCUT2D eigenvalue weighted by molar-refractivity contribution is -0.116. The van der Waals surface area contributed by atoms with Gasteiger partial charge in [0.2, 0.25) is 11.8 Å². The summed E-state index contributed by atoms with van der Waals surface area (Å²) in [4.78, 5) is 16.6. The molecule has 0 fully saturated rings. The van der Waals surface area contributed by atoms with Gasteiger partial charge in [-0.15, -0.1) is 0 Å². The number of rotatable bonds is 6. The monoisotopic (exact) mass is 384 g/mol. The van der Waals surface area contributed by atoms with Gasteiger partial charge in [0, 0.05) is 37.2 Å². The highest BCUT2D eigenvalue weighted by atomic mass is 35.5. The number of nitrogens with one attached hydrogen (secondary N) is 1. The second kappa shape index (κ2) is 8.22. The molecule has 0 aliphatic carbocycles. The van der Waals surface area contributed by atoms with Crippen LogP contribution in [0.15, 0.2) is 40.8 Å². The average Bonchev–Trinajstić information content (AvgIpc) is 3.14. The molecular weight excluding hydrogens is 364 g/mol. The molecule has 7 heteroatoms. The van der Waals surface area contributed by atoms with Crippen molar-refractivity contribution in [3.05, 3.63) is 64.3 Å². The van der Waals surface area contributed by atoms with Crippen LogP contribution < -0.4 is 5.32 Å². The minimum atomic E-state index is -0.196. The standard InChI is InChI=1S/C20H21ClN4O2/c1-13-16(19(21)25(3)24-13)9-10-18(26)22-12-11-17-14(2)27-20(23-17)15-7-5-4-6-8-15/h4-10H,11-12H2,1-3H3,(H,22,26)/b10-9+. The third-order valence-corrected chi connectivity index (χ3v) is 4.62. The normalized spacial score (nSPS) is 11.3. The van der Waals surface area contributed by atoms with Gasteiger partial charge in [0.15, 0.2) is 0 Å². The smallest absolute Gasteiger partial charge is 0.244 e. The zero-order chi connectivity index (χ0) is 19.4. The van der Waals surface area contributed by atoms with E-state index >= 15 is 0 Å². The average molecular weight is 385 g/mol. The van der Waals surface area contributed by atoms with Gasteiger partial charge < -0.3 is 9.73 Å². The maximum absolute atomic E-state index is 12.0. The third-order valence-electron chi connectivity index (χ3n) is 4.17. The summed E-state index contributed by atoms with van der Waals surface area (Å²) in [6.07, 6.45) is 3.73. The minimum Gasteiger partial charge on any atom is -0.441 e. The molecule has 0 saturated carbocycles. The van der Waals surface area contributed by atoms with Crippen LogP contribution in [0.3, 0.4) is 0 Å². The Morgan fingerprint density at radius 3 is 2.70 bits per heavy atom. The molecule has 0 aliphatic heterocycles. The van der Waals surface area contributed by atoms with Crippen LogP contribution in [0.25, 0.3) is 17.5 Å². The molecule has 1 N–H and O–H groups in total. The van der Waals surface area contributed by atoms with E-state index in [9.17, 15) is 4.79 Å². The first-order chi connectivity index (χ1) is 13.0. The van der Waals surface area contributed by atoms with Crippen molar-refractivity contribution in [2.45, 2.75) is 20.3 Å². The van der Waals surface area contributed by atoms with Gasteiger partial charge >= 0.3 is 0 Å². The number of hydrogen-bond acceptors (Lipinski definition) is 4. The summed E-state index contributed by atoms with van der Waals surface area (Å²) < 4.78 is 7.31. The Labute approximate surface area is 162 Å². The molecular formula is C20H21ClN4O2. The molecule has 140 valence electrons. The van der Waals surface area contributed by atoms with Gasteiger partial charge in [-0.25, -0.2) is 4.98 Å². The van der Waals surface area contributed by atoms with Gasteiger partial charge in [0.05, 0.1) is 11.4 Å². The lowest BCUT2D eigenvalue weighted by Crippen LogP contribution is -2.23. The fraction of sp³-hybridized carbons (Fsp3) is 0.250. The third kappa shape index (κ3) is 4.46. The molecule has 2 heterocycles. The van der Waals surface area contributed by atoms with Crippen LogP contribution >= 0.6 is 11.6 Å². The molecule has 2 aromatic heterocycles. The molecule has 3 aromatic rings. The van der Waals surface area contributed by atoms with Crippen molar-refractivity contribution >= 4 is 23.6 Å². The van der Waals surface area contributed by atoms with E-state index in [1.807, 2.05) is 44.2 Å². The molecule has 0 aliphatic rings. The zero-order valence-corrected chi connectivity index (χ0v) is 16.2. The number of carbonyl (C=O) groups excluding carboxylic acids is 1. The number of aromatic nitrogens is 3. The van der Waals surface area contributed by atoms with Gasteiger partial charge in [-0.1, -0.05) is 29.8 Å². The molecule has 6 nitrogen and oxygen atoms in total. The Balaban J connectivity index is 1.56. The fourth-order valence-electron chi connectivity index (χ4n) is 2.72. The summed E-state index contributed by atoms with van der Waals surface area (Å²) in [5, 5.41) is 7.56. The van der Waals surface area contributed by atoms with Crippen molar-refractivity contribution in [1.82, 2.24) is 20.1 Å². The van der Waals surface area contributed by atoms with Crippen molar-refractivity contribution in [2.75, 3.05) is 6.54 Å². The van der Waals surface area contributed by atoms with Crippen LogP contribution in [-0.4, -0.2) is 27.2 Å². The molecule has 0 unspecified atom stereocenters. The van der Waals surface area contributed by atoms with Crippen molar-refractivity contribution in [3.8, 4) is 11.5 Å². The first-order valence-electron chi connectivity index (χ1n) is 8.62. The van der Waals surface area contributed by atoms with Crippen LogP contribution in [0.4, 0.5) is 0 Å². The summed E-state index contributed by atoms with van der Waals surface area (Å²) in [5.74, 6) is 1.16. The largest absolute Gasteiger partial charge is 0.441 e. The molecule has 0 saturated heterocycles. The van der Waals surface area contributed by atoms with Gasteiger partial charge in [0.25, 0.3) is 0 Å². The van der Waals surface area contributed by atoms with E-state index < -0.39 is 0 Å². The van der Waals surface area contributed by atoms with Crippen LogP contribution in [0.1, 0.15) is 22.7 Å². The summed E-state index contributed by atoms with van der Waals surface area (Å²) in [6.45, 7) is 4.19. The number of hydrogen-bond donors (Lipinski definition) is 1. The van der Waals surface area contributed by atoms with E-state index in [4.69, 9.17) is 16.0 Å². The Morgan fingerprint density at radius 2 is 2.04 bits per heavy atom. The minimum absolute atomic E-state index is 0.196. The van der Waals surface area contributed by atoms with Crippen LogP contribution in [0.2, 0.25) is 5.15 Å². The number of benzene rings is 1. The summed E-state index contributed by atoms with van der Waals surface area (Å²) in [6, 6.07) is 9.73. The SMILES string of the molecule is Cc1nn(C)c(Cl)c1/C=C/C(=O)NCCc1nc(-c2ccccc2)oc1C. The summed E-state index contributed by atoms with van der Waals surface area (Å²) in [5.41, 5.74) is 3.29. The number of nitrogens with zero attached hydrogens (tertiary/aromatic N) is 3. The zero-order valence-electron chi connectivity index (χ0n) is 15.5. The molecule has 1 aromatic carbocycles. The highest BCUT2D eigenvalue weighted by Crippen LogP contribution is 2.22. The number of oxazole rings is 1. The number of carbonyl (C=O) groups is 1. The maximum Gasteiger partial charge on any atom is 0.244 e. The Morgan fingerprint density at radius 1 is 1.30 bits per heavy atom.